The van der Waals surface area contributed by atoms with Crippen molar-refractivity contribution >= 4 is 23.0 Å². The van der Waals surface area contributed by atoms with E-state index in [1.165, 1.54) is 43.5 Å². The molecule has 5 rings (SSSR count). The van der Waals surface area contributed by atoms with E-state index >= 15 is 8.78 Å². The van der Waals surface area contributed by atoms with Crippen molar-refractivity contribution in [3.8, 4) is 22.6 Å². The Balaban J connectivity index is 1.42. The largest absolute Gasteiger partial charge is 0.493 e. The molecule has 4 aromatic carbocycles. The average molecular weight is 534 g/mol. The number of carbonyl (C=O) groups is 1. The maximum atomic E-state index is 15.3. The number of hydrogen-bond acceptors (Lipinski definition) is 5. The van der Waals surface area contributed by atoms with Crippen LogP contribution in [0.25, 0.3) is 11.1 Å². The maximum Gasteiger partial charge on any atom is 0.243 e. The third-order valence-electron chi connectivity index (χ3n) is 6.42. The van der Waals surface area contributed by atoms with E-state index in [0.717, 1.165) is 5.56 Å². The fraction of sp³-hybridized carbons (Fsp3) is 0.167. The molecular weight excluding hydrogens is 507 g/mol. The molecule has 1 aliphatic heterocycles. The molecule has 4 aromatic rings. The van der Waals surface area contributed by atoms with Gasteiger partial charge in [-0.2, -0.15) is 0 Å². The van der Waals surface area contributed by atoms with Crippen molar-refractivity contribution in [3.05, 3.63) is 102 Å². The van der Waals surface area contributed by atoms with Gasteiger partial charge < -0.3 is 24.6 Å². The zero-order valence-electron chi connectivity index (χ0n) is 21.4. The quantitative estimate of drug-likeness (QED) is 0.292. The van der Waals surface area contributed by atoms with E-state index in [2.05, 4.69) is 5.32 Å². The number of nitrogens with one attached hydrogen (secondary N) is 1. The summed E-state index contributed by atoms with van der Waals surface area (Å²) in [6, 6.07) is 20.4. The van der Waals surface area contributed by atoms with E-state index in [0.29, 0.717) is 23.7 Å². The number of anilines is 3. The van der Waals surface area contributed by atoms with Crippen molar-refractivity contribution in [2.75, 3.05) is 42.5 Å². The van der Waals surface area contributed by atoms with Crippen LogP contribution >= 0.6 is 0 Å². The lowest BCUT2D eigenvalue weighted by molar-refractivity contribution is -0.115. The Morgan fingerprint density at radius 2 is 1.69 bits per heavy atom. The van der Waals surface area contributed by atoms with Gasteiger partial charge in [0, 0.05) is 18.3 Å². The molecule has 0 aliphatic carbocycles. The third-order valence-corrected chi connectivity index (χ3v) is 6.42. The monoisotopic (exact) mass is 533 g/mol. The first-order chi connectivity index (χ1) is 18.8. The predicted octanol–water partition coefficient (Wildman–Crippen LogP) is 6.21. The molecular formula is C30H26F3N3O3. The van der Waals surface area contributed by atoms with Gasteiger partial charge in [0.05, 0.1) is 31.7 Å². The van der Waals surface area contributed by atoms with Gasteiger partial charge in [0.25, 0.3) is 0 Å². The van der Waals surface area contributed by atoms with Gasteiger partial charge in [0.2, 0.25) is 5.91 Å². The summed E-state index contributed by atoms with van der Waals surface area (Å²) in [5, 5.41) is 2.73. The summed E-state index contributed by atoms with van der Waals surface area (Å²) in [7, 11) is 3.16. The van der Waals surface area contributed by atoms with E-state index in [1.807, 2.05) is 30.3 Å². The van der Waals surface area contributed by atoms with E-state index < -0.39 is 17.5 Å². The first kappa shape index (κ1) is 26.0. The third kappa shape index (κ3) is 5.47. The SMILES string of the molecule is COc1cc(-c2c(F)ccc3c2N(C)CN3CC(=O)Nc2ccc(F)cc2)cc(F)c1OCc1ccccc1. The summed E-state index contributed by atoms with van der Waals surface area (Å²) < 4.78 is 54.9. The van der Waals surface area contributed by atoms with E-state index in [1.54, 1.807) is 29.0 Å². The topological polar surface area (TPSA) is 54.0 Å². The number of ether oxygens (including phenoxy) is 2. The smallest absolute Gasteiger partial charge is 0.243 e. The van der Waals surface area contributed by atoms with Crippen LogP contribution in [0.4, 0.5) is 30.2 Å². The summed E-state index contributed by atoms with van der Waals surface area (Å²) in [6.07, 6.45) is 0. The number of halogens is 3. The summed E-state index contributed by atoms with van der Waals surface area (Å²) in [6.45, 7) is 0.421. The van der Waals surface area contributed by atoms with Crippen molar-refractivity contribution < 1.29 is 27.4 Å². The van der Waals surface area contributed by atoms with Gasteiger partial charge in [-0.15, -0.1) is 0 Å². The van der Waals surface area contributed by atoms with Crippen LogP contribution < -0.4 is 24.6 Å². The Morgan fingerprint density at radius 1 is 0.949 bits per heavy atom. The molecule has 1 aliphatic rings. The lowest BCUT2D eigenvalue weighted by atomic mass is 10.0. The van der Waals surface area contributed by atoms with Crippen LogP contribution in [0.2, 0.25) is 0 Å². The molecule has 0 saturated carbocycles. The number of hydrogen-bond donors (Lipinski definition) is 1. The van der Waals surface area contributed by atoms with Crippen molar-refractivity contribution in [2.24, 2.45) is 0 Å². The van der Waals surface area contributed by atoms with Crippen LogP contribution in [-0.2, 0) is 11.4 Å². The van der Waals surface area contributed by atoms with Gasteiger partial charge in [-0.3, -0.25) is 4.79 Å². The van der Waals surface area contributed by atoms with E-state index in [-0.39, 0.29) is 41.7 Å². The zero-order valence-corrected chi connectivity index (χ0v) is 21.4. The molecule has 39 heavy (non-hydrogen) atoms. The van der Waals surface area contributed by atoms with Crippen molar-refractivity contribution in [3.63, 3.8) is 0 Å². The van der Waals surface area contributed by atoms with Crippen LogP contribution in [0, 0.1) is 17.5 Å². The maximum absolute atomic E-state index is 15.3. The summed E-state index contributed by atoms with van der Waals surface area (Å²) in [4.78, 5) is 16.3. The number of benzene rings is 4. The molecule has 0 aromatic heterocycles. The van der Waals surface area contributed by atoms with Crippen LogP contribution in [-0.4, -0.2) is 33.3 Å². The molecule has 0 unspecified atom stereocenters. The molecule has 0 atom stereocenters. The molecule has 6 nitrogen and oxygen atoms in total. The Labute approximate surface area is 224 Å². The normalized spacial score (nSPS) is 12.3. The molecule has 0 saturated heterocycles. The second-order valence-electron chi connectivity index (χ2n) is 9.15. The number of nitrogens with zero attached hydrogens (tertiary/aromatic N) is 2. The van der Waals surface area contributed by atoms with Crippen LogP contribution in [0.3, 0.4) is 0 Å². The molecule has 0 bridgehead atoms. The summed E-state index contributed by atoms with van der Waals surface area (Å²) in [5.41, 5.74) is 2.92. The Bertz CT molecular complexity index is 1500. The lowest BCUT2D eigenvalue weighted by Crippen LogP contribution is -2.35. The first-order valence-electron chi connectivity index (χ1n) is 12.2. The number of carbonyl (C=O) groups excluding carboxylic acids is 1. The summed E-state index contributed by atoms with van der Waals surface area (Å²) >= 11 is 0. The average Bonchev–Trinajstić information content (AvgIpc) is 3.23. The minimum absolute atomic E-state index is 0.0241. The molecule has 1 heterocycles. The van der Waals surface area contributed by atoms with Gasteiger partial charge in [0.1, 0.15) is 18.2 Å². The molecule has 9 heteroatoms. The summed E-state index contributed by atoms with van der Waals surface area (Å²) in [5.74, 6) is -1.88. The predicted molar refractivity (Wildman–Crippen MR) is 145 cm³/mol. The van der Waals surface area contributed by atoms with E-state index in [9.17, 15) is 9.18 Å². The standard InChI is InChI=1S/C30H26F3N3O3/c1-35-18-36(16-27(37)34-22-10-8-21(31)9-11-22)25-13-12-23(32)28(29(25)35)20-14-24(33)30(26(15-20)38-2)39-17-19-6-4-3-5-7-19/h3-15H,16-18H2,1-2H3,(H,34,37). The van der Waals surface area contributed by atoms with Crippen molar-refractivity contribution in [1.82, 2.24) is 0 Å². The highest BCUT2D eigenvalue weighted by Crippen LogP contribution is 2.46. The highest BCUT2D eigenvalue weighted by atomic mass is 19.1. The minimum atomic E-state index is -0.687. The van der Waals surface area contributed by atoms with Crippen LogP contribution in [0.5, 0.6) is 11.5 Å². The highest BCUT2D eigenvalue weighted by Gasteiger charge is 2.30. The molecule has 0 fully saturated rings. The second kappa shape index (κ2) is 11.0. The highest BCUT2D eigenvalue weighted by molar-refractivity contribution is 5.98. The fourth-order valence-corrected chi connectivity index (χ4v) is 4.65. The van der Waals surface area contributed by atoms with Gasteiger partial charge in [-0.25, -0.2) is 13.2 Å². The molecule has 1 amide bonds. The molecule has 200 valence electrons. The van der Waals surface area contributed by atoms with Gasteiger partial charge in [-0.1, -0.05) is 30.3 Å². The van der Waals surface area contributed by atoms with E-state index in [4.69, 9.17) is 9.47 Å². The Morgan fingerprint density at radius 3 is 2.41 bits per heavy atom. The number of fused-ring (bicyclic) bond motifs is 1. The van der Waals surface area contributed by atoms with Crippen molar-refractivity contribution in [2.45, 2.75) is 6.61 Å². The lowest BCUT2D eigenvalue weighted by Gasteiger charge is -2.18. The molecule has 0 radical (unpaired) electrons. The minimum Gasteiger partial charge on any atom is -0.493 e. The Hall–Kier alpha value is -4.66. The second-order valence-corrected chi connectivity index (χ2v) is 9.15. The Kier molecular flexibility index (Phi) is 7.31. The number of rotatable bonds is 8. The first-order valence-corrected chi connectivity index (χ1v) is 12.2. The fourth-order valence-electron chi connectivity index (χ4n) is 4.65. The number of amides is 1. The van der Waals surface area contributed by atoms with Crippen molar-refractivity contribution in [1.29, 1.82) is 0 Å². The zero-order chi connectivity index (χ0) is 27.5. The van der Waals surface area contributed by atoms with Crippen LogP contribution in [0.1, 0.15) is 5.56 Å². The number of methoxy groups -OCH3 is 1. The van der Waals surface area contributed by atoms with Gasteiger partial charge in [-0.05, 0) is 59.7 Å². The van der Waals surface area contributed by atoms with Crippen LogP contribution in [0.15, 0.2) is 78.9 Å². The molecule has 0 spiro atoms. The van der Waals surface area contributed by atoms with Gasteiger partial charge in [0.15, 0.2) is 17.3 Å². The van der Waals surface area contributed by atoms with Gasteiger partial charge >= 0.3 is 0 Å². The molecule has 1 N–H and O–H groups in total.